The van der Waals surface area contributed by atoms with Gasteiger partial charge in [0.25, 0.3) is 5.91 Å². The number of aromatic hydroxyl groups is 1. The molecule has 4 N–H and O–H groups in total. The normalized spacial score (nSPS) is 11.6. The van der Waals surface area contributed by atoms with Crippen molar-refractivity contribution in [3.8, 4) is 5.88 Å². The lowest BCUT2D eigenvalue weighted by atomic mass is 10.00. The molecule has 4 aromatic rings. The van der Waals surface area contributed by atoms with Gasteiger partial charge in [0, 0.05) is 23.5 Å². The Hall–Kier alpha value is -4.96. The molecule has 0 atom stereocenters. The molecule has 4 rings (SSSR count). The number of carbonyl (C=O) groups excluding carboxylic acids is 3. The number of hydrogen-bond acceptors (Lipinski definition) is 7. The molecule has 200 valence electrons. The van der Waals surface area contributed by atoms with Gasteiger partial charge >= 0.3 is 5.97 Å². The molecule has 0 fully saturated rings. The fourth-order valence-electron chi connectivity index (χ4n) is 4.25. The number of nitrogens with one attached hydrogen (secondary N) is 1. The molecule has 0 saturated carbocycles. The van der Waals surface area contributed by atoms with Crippen LogP contribution < -0.4 is 10.6 Å². The summed E-state index contributed by atoms with van der Waals surface area (Å²) < 4.78 is 4.80. The predicted octanol–water partition coefficient (Wildman–Crippen LogP) is 3.45. The number of amides is 2. The van der Waals surface area contributed by atoms with E-state index in [2.05, 4.69) is 4.98 Å². The van der Waals surface area contributed by atoms with Crippen molar-refractivity contribution >= 4 is 45.8 Å². The summed E-state index contributed by atoms with van der Waals surface area (Å²) >= 11 is 0. The van der Waals surface area contributed by atoms with Gasteiger partial charge in [0.1, 0.15) is 0 Å². The highest BCUT2D eigenvalue weighted by Gasteiger charge is 2.22. The minimum atomic E-state index is -0.710. The van der Waals surface area contributed by atoms with Crippen molar-refractivity contribution in [1.82, 2.24) is 9.88 Å². The number of primary amides is 1. The van der Waals surface area contributed by atoms with Crippen LogP contribution in [0.25, 0.3) is 10.9 Å². The molecule has 0 saturated heterocycles. The molecule has 0 radical (unpaired) electrons. The van der Waals surface area contributed by atoms with Crippen LogP contribution in [0.5, 0.6) is 5.88 Å². The van der Waals surface area contributed by atoms with E-state index in [1.165, 1.54) is 18.1 Å². The standard InChI is InChI=1S/C29H29N5O5/c1-33(2)16-24(35)34(3)23-13-11-19(15-21(23)27(30)36)31-26(17-8-6-5-7-9-17)25-20-12-10-18(29(38)39-4)14-22(20)32-28(25)37/h5-15,32,37H,16H2,1-4H3,(H2,30,36). The van der Waals surface area contributed by atoms with Crippen LogP contribution in [0.3, 0.4) is 0 Å². The van der Waals surface area contributed by atoms with Crippen LogP contribution in [0, 0.1) is 0 Å². The molecule has 10 heteroatoms. The summed E-state index contributed by atoms with van der Waals surface area (Å²) in [7, 11) is 6.43. The second kappa shape index (κ2) is 11.2. The van der Waals surface area contributed by atoms with Gasteiger partial charge in [-0.3, -0.25) is 9.59 Å². The van der Waals surface area contributed by atoms with Crippen molar-refractivity contribution in [1.29, 1.82) is 0 Å². The van der Waals surface area contributed by atoms with Gasteiger partial charge in [-0.15, -0.1) is 0 Å². The number of H-pyrrole nitrogens is 1. The van der Waals surface area contributed by atoms with Gasteiger partial charge in [-0.2, -0.15) is 0 Å². The zero-order valence-corrected chi connectivity index (χ0v) is 22.1. The van der Waals surface area contributed by atoms with E-state index >= 15 is 0 Å². The lowest BCUT2D eigenvalue weighted by Gasteiger charge is -2.22. The molecule has 0 aliphatic heterocycles. The third kappa shape index (κ3) is 5.65. The van der Waals surface area contributed by atoms with Crippen molar-refractivity contribution in [2.24, 2.45) is 10.7 Å². The minimum absolute atomic E-state index is 0.129. The first-order chi connectivity index (χ1) is 18.6. The summed E-state index contributed by atoms with van der Waals surface area (Å²) in [6.45, 7) is 0.157. The van der Waals surface area contributed by atoms with Gasteiger partial charge in [-0.05, 0) is 44.4 Å². The number of aromatic nitrogens is 1. The molecule has 10 nitrogen and oxygen atoms in total. The monoisotopic (exact) mass is 527 g/mol. The first-order valence-corrected chi connectivity index (χ1v) is 12.0. The number of esters is 1. The van der Waals surface area contributed by atoms with E-state index in [-0.39, 0.29) is 23.9 Å². The van der Waals surface area contributed by atoms with Crippen molar-refractivity contribution in [3.05, 3.63) is 89.0 Å². The van der Waals surface area contributed by atoms with E-state index in [9.17, 15) is 19.5 Å². The number of benzene rings is 3. The van der Waals surface area contributed by atoms with Crippen molar-refractivity contribution in [2.45, 2.75) is 0 Å². The Morgan fingerprint density at radius 3 is 2.33 bits per heavy atom. The van der Waals surface area contributed by atoms with Crippen LogP contribution in [0.4, 0.5) is 11.4 Å². The fraction of sp³-hybridized carbons (Fsp3) is 0.172. The van der Waals surface area contributed by atoms with Crippen molar-refractivity contribution in [2.75, 3.05) is 39.7 Å². The lowest BCUT2D eigenvalue weighted by molar-refractivity contribution is -0.118. The Bertz CT molecular complexity index is 1590. The number of carbonyl (C=O) groups is 3. The number of likely N-dealkylation sites (N-methyl/N-ethyl adjacent to an activating group) is 2. The van der Waals surface area contributed by atoms with Gasteiger partial charge in [0.15, 0.2) is 5.88 Å². The van der Waals surface area contributed by atoms with Gasteiger partial charge in [-0.25, -0.2) is 9.79 Å². The second-order valence-corrected chi connectivity index (χ2v) is 9.18. The molecule has 1 heterocycles. The average molecular weight is 528 g/mol. The van der Waals surface area contributed by atoms with E-state index < -0.39 is 11.9 Å². The highest BCUT2D eigenvalue weighted by atomic mass is 16.5. The number of aromatic amines is 1. The molecule has 0 spiro atoms. The highest BCUT2D eigenvalue weighted by molar-refractivity contribution is 6.22. The maximum atomic E-state index is 12.6. The Balaban J connectivity index is 1.88. The maximum absolute atomic E-state index is 12.6. The average Bonchev–Trinajstić information content (AvgIpc) is 3.25. The number of methoxy groups -OCH3 is 1. The van der Waals surface area contributed by atoms with Gasteiger partial charge in [-0.1, -0.05) is 36.4 Å². The molecule has 0 aliphatic rings. The number of fused-ring (bicyclic) bond motifs is 1. The Morgan fingerprint density at radius 1 is 0.974 bits per heavy atom. The van der Waals surface area contributed by atoms with Crippen LogP contribution in [-0.2, 0) is 9.53 Å². The number of nitrogens with zero attached hydrogens (tertiary/aromatic N) is 3. The smallest absolute Gasteiger partial charge is 0.337 e. The van der Waals surface area contributed by atoms with Crippen LogP contribution >= 0.6 is 0 Å². The van der Waals surface area contributed by atoms with Crippen molar-refractivity contribution in [3.63, 3.8) is 0 Å². The maximum Gasteiger partial charge on any atom is 0.337 e. The quantitative estimate of drug-likeness (QED) is 0.237. The number of nitrogens with two attached hydrogens (primary N) is 1. The summed E-state index contributed by atoms with van der Waals surface area (Å²) in [5.74, 6) is -1.56. The van der Waals surface area contributed by atoms with E-state index in [1.54, 1.807) is 56.4 Å². The van der Waals surface area contributed by atoms with Crippen molar-refractivity contribution < 1.29 is 24.2 Å². The van der Waals surface area contributed by atoms with Crippen LogP contribution in [0.1, 0.15) is 31.8 Å². The minimum Gasteiger partial charge on any atom is -0.494 e. The summed E-state index contributed by atoms with van der Waals surface area (Å²) in [4.78, 5) is 47.9. The van der Waals surface area contributed by atoms with E-state index in [1.807, 2.05) is 30.3 Å². The van der Waals surface area contributed by atoms with Gasteiger partial charge in [0.05, 0.1) is 47.4 Å². The molecular weight excluding hydrogens is 498 g/mol. The van der Waals surface area contributed by atoms with E-state index in [0.29, 0.717) is 44.7 Å². The largest absolute Gasteiger partial charge is 0.494 e. The van der Waals surface area contributed by atoms with Crippen LogP contribution in [-0.4, -0.2) is 73.3 Å². The third-order valence-corrected chi connectivity index (χ3v) is 6.16. The number of anilines is 1. The van der Waals surface area contributed by atoms with Gasteiger partial charge in [0.2, 0.25) is 5.91 Å². The first kappa shape index (κ1) is 27.1. The van der Waals surface area contributed by atoms with Gasteiger partial charge < -0.3 is 30.4 Å². The molecule has 1 aromatic heterocycles. The summed E-state index contributed by atoms with van der Waals surface area (Å²) in [5, 5.41) is 11.6. The van der Waals surface area contributed by atoms with E-state index in [4.69, 9.17) is 15.5 Å². The highest BCUT2D eigenvalue weighted by Crippen LogP contribution is 2.33. The van der Waals surface area contributed by atoms with E-state index in [0.717, 1.165) is 0 Å². The summed E-state index contributed by atoms with van der Waals surface area (Å²) in [6, 6.07) is 18.9. The summed E-state index contributed by atoms with van der Waals surface area (Å²) in [5.41, 5.74) is 8.95. The molecule has 39 heavy (non-hydrogen) atoms. The predicted molar refractivity (Wildman–Crippen MR) is 150 cm³/mol. The molecule has 3 aromatic carbocycles. The molecule has 0 aliphatic carbocycles. The Kier molecular flexibility index (Phi) is 7.78. The SMILES string of the molecule is COC(=O)c1ccc2c(C(=Nc3ccc(N(C)C(=O)CN(C)C)c(C(N)=O)c3)c3ccccc3)c(O)[nH]c2c1. The molecular formula is C29H29N5O5. The zero-order chi connectivity index (χ0) is 28.3. The number of aliphatic imine (C=N–C) groups is 1. The lowest BCUT2D eigenvalue weighted by Crippen LogP contribution is -2.36. The van der Waals surface area contributed by atoms with Crippen LogP contribution in [0.2, 0.25) is 0 Å². The third-order valence-electron chi connectivity index (χ3n) is 6.16. The molecule has 0 unspecified atom stereocenters. The summed E-state index contributed by atoms with van der Waals surface area (Å²) in [6.07, 6.45) is 0. The Morgan fingerprint density at radius 2 is 1.69 bits per heavy atom. The first-order valence-electron chi connectivity index (χ1n) is 12.0. The Labute approximate surface area is 225 Å². The van der Waals surface area contributed by atoms with Crippen LogP contribution in [0.15, 0.2) is 71.7 Å². The molecule has 2 amide bonds. The topological polar surface area (TPSA) is 141 Å². The second-order valence-electron chi connectivity index (χ2n) is 9.18. The number of hydrogen-bond donors (Lipinski definition) is 3. The number of rotatable bonds is 8. The fourth-order valence-corrected chi connectivity index (χ4v) is 4.25. The number of ether oxygens (including phenoxy) is 1. The molecule has 0 bridgehead atoms. The zero-order valence-electron chi connectivity index (χ0n) is 22.1.